The Hall–Kier alpha value is -1.77. The highest BCUT2D eigenvalue weighted by Gasteiger charge is 2.10. The van der Waals surface area contributed by atoms with Crippen molar-refractivity contribution in [2.24, 2.45) is 0 Å². The van der Waals surface area contributed by atoms with Crippen LogP contribution in [-0.4, -0.2) is 9.55 Å². The first-order valence-corrected chi connectivity index (χ1v) is 6.11. The van der Waals surface area contributed by atoms with E-state index in [4.69, 9.17) is 5.73 Å². The van der Waals surface area contributed by atoms with E-state index >= 15 is 0 Å². The fraction of sp³-hybridized carbons (Fsp3) is 0.357. The number of hydrogen-bond acceptors (Lipinski definition) is 2. The zero-order chi connectivity index (χ0) is 12.3. The molecule has 1 aromatic carbocycles. The van der Waals surface area contributed by atoms with Crippen LogP contribution >= 0.6 is 0 Å². The molecule has 1 unspecified atom stereocenters. The molecule has 0 saturated carbocycles. The van der Waals surface area contributed by atoms with Crippen molar-refractivity contribution in [1.82, 2.24) is 9.55 Å². The molecule has 0 bridgehead atoms. The van der Waals surface area contributed by atoms with Crippen LogP contribution < -0.4 is 5.73 Å². The predicted octanol–water partition coefficient (Wildman–Crippen LogP) is 3.49. The Balaban J connectivity index is 2.33. The van der Waals surface area contributed by atoms with E-state index in [1.165, 1.54) is 12.8 Å². The number of anilines is 1. The minimum absolute atomic E-state index is 0.482. The van der Waals surface area contributed by atoms with Gasteiger partial charge in [0, 0.05) is 29.7 Å². The maximum atomic E-state index is 5.70. The molecule has 1 atom stereocenters. The van der Waals surface area contributed by atoms with Crippen molar-refractivity contribution in [2.45, 2.75) is 32.7 Å². The van der Waals surface area contributed by atoms with Crippen molar-refractivity contribution in [3.05, 3.63) is 36.7 Å². The number of imidazole rings is 1. The average Bonchev–Trinajstić information content (AvgIpc) is 2.79. The molecule has 2 N–H and O–H groups in total. The number of nitrogens with two attached hydrogens (primary N) is 1. The third kappa shape index (κ3) is 2.49. The van der Waals surface area contributed by atoms with Gasteiger partial charge in [0.2, 0.25) is 0 Å². The van der Waals surface area contributed by atoms with Gasteiger partial charge in [-0.25, -0.2) is 4.98 Å². The van der Waals surface area contributed by atoms with Gasteiger partial charge in [0.05, 0.1) is 0 Å². The van der Waals surface area contributed by atoms with Crippen molar-refractivity contribution < 1.29 is 0 Å². The maximum Gasteiger partial charge on any atom is 0.140 e. The molecule has 0 fully saturated rings. The lowest BCUT2D eigenvalue weighted by Crippen LogP contribution is -2.05. The monoisotopic (exact) mass is 229 g/mol. The molecule has 1 aromatic heterocycles. The molecule has 90 valence electrons. The summed E-state index contributed by atoms with van der Waals surface area (Å²) in [5.74, 6) is 1.02. The van der Waals surface area contributed by atoms with Crippen LogP contribution in [0.3, 0.4) is 0 Å². The van der Waals surface area contributed by atoms with E-state index < -0.39 is 0 Å². The molecule has 3 nitrogen and oxygen atoms in total. The normalized spacial score (nSPS) is 12.6. The number of nitrogen functional groups attached to an aromatic ring is 1. The predicted molar refractivity (Wildman–Crippen MR) is 71.7 cm³/mol. The third-order valence-corrected chi connectivity index (χ3v) is 3.02. The summed E-state index contributed by atoms with van der Waals surface area (Å²) in [4.78, 5) is 4.44. The summed E-state index contributed by atoms with van der Waals surface area (Å²) in [6.45, 7) is 4.43. The zero-order valence-electron chi connectivity index (χ0n) is 10.4. The van der Waals surface area contributed by atoms with Gasteiger partial charge in [0.25, 0.3) is 0 Å². The fourth-order valence-corrected chi connectivity index (χ4v) is 2.08. The molecule has 2 aromatic rings. The number of benzene rings is 1. The summed E-state index contributed by atoms with van der Waals surface area (Å²) in [5, 5.41) is 0. The van der Waals surface area contributed by atoms with E-state index in [-0.39, 0.29) is 0 Å². The minimum Gasteiger partial charge on any atom is -0.399 e. The van der Waals surface area contributed by atoms with Gasteiger partial charge in [-0.15, -0.1) is 0 Å². The molecule has 3 heteroatoms. The van der Waals surface area contributed by atoms with Crippen LogP contribution in [-0.2, 0) is 0 Å². The van der Waals surface area contributed by atoms with Crippen LogP contribution in [0.5, 0.6) is 0 Å². The lowest BCUT2D eigenvalue weighted by Gasteiger charge is -2.15. The SMILES string of the molecule is CCCC(C)n1ccnc1-c1ccc(N)cc1. The topological polar surface area (TPSA) is 43.8 Å². The van der Waals surface area contributed by atoms with Gasteiger partial charge in [-0.3, -0.25) is 0 Å². The first-order chi connectivity index (χ1) is 8.22. The Morgan fingerprint density at radius 1 is 1.29 bits per heavy atom. The Labute approximate surface area is 102 Å². The second-order valence-corrected chi connectivity index (χ2v) is 4.42. The number of nitrogens with zero attached hydrogens (tertiary/aromatic N) is 2. The summed E-state index contributed by atoms with van der Waals surface area (Å²) >= 11 is 0. The van der Waals surface area contributed by atoms with Gasteiger partial charge in [0.15, 0.2) is 0 Å². The first-order valence-electron chi connectivity index (χ1n) is 6.11. The van der Waals surface area contributed by atoms with Gasteiger partial charge < -0.3 is 10.3 Å². The van der Waals surface area contributed by atoms with E-state index in [2.05, 4.69) is 23.4 Å². The second-order valence-electron chi connectivity index (χ2n) is 4.42. The average molecular weight is 229 g/mol. The molecule has 0 aliphatic heterocycles. The summed E-state index contributed by atoms with van der Waals surface area (Å²) in [6.07, 6.45) is 6.25. The highest BCUT2D eigenvalue weighted by Crippen LogP contribution is 2.24. The fourth-order valence-electron chi connectivity index (χ4n) is 2.08. The molecule has 0 saturated heterocycles. The molecule has 2 rings (SSSR count). The van der Waals surface area contributed by atoms with Crippen LogP contribution in [0, 0.1) is 0 Å². The van der Waals surface area contributed by atoms with Gasteiger partial charge >= 0.3 is 0 Å². The Morgan fingerprint density at radius 3 is 2.65 bits per heavy atom. The largest absolute Gasteiger partial charge is 0.399 e. The highest BCUT2D eigenvalue weighted by atomic mass is 15.1. The van der Waals surface area contributed by atoms with Crippen molar-refractivity contribution in [2.75, 3.05) is 5.73 Å². The minimum atomic E-state index is 0.482. The van der Waals surface area contributed by atoms with Crippen LogP contribution in [0.4, 0.5) is 5.69 Å². The Morgan fingerprint density at radius 2 is 2.00 bits per heavy atom. The molecule has 0 aliphatic carbocycles. The van der Waals surface area contributed by atoms with E-state index in [1.54, 1.807) is 0 Å². The molecule has 0 aliphatic rings. The van der Waals surface area contributed by atoms with Crippen LogP contribution in [0.2, 0.25) is 0 Å². The maximum absolute atomic E-state index is 5.70. The lowest BCUT2D eigenvalue weighted by molar-refractivity contribution is 0.505. The van der Waals surface area contributed by atoms with Crippen LogP contribution in [0.1, 0.15) is 32.7 Å². The molecule has 0 radical (unpaired) electrons. The van der Waals surface area contributed by atoms with Crippen molar-refractivity contribution >= 4 is 5.69 Å². The second kappa shape index (κ2) is 5.04. The van der Waals surface area contributed by atoms with Gasteiger partial charge in [-0.2, -0.15) is 0 Å². The Bertz CT molecular complexity index is 470. The van der Waals surface area contributed by atoms with E-state index in [0.717, 1.165) is 17.1 Å². The van der Waals surface area contributed by atoms with Crippen molar-refractivity contribution in [1.29, 1.82) is 0 Å². The molecule has 0 spiro atoms. The van der Waals surface area contributed by atoms with Crippen molar-refractivity contribution in [3.8, 4) is 11.4 Å². The van der Waals surface area contributed by atoms with Gasteiger partial charge in [-0.05, 0) is 37.6 Å². The number of aromatic nitrogens is 2. The smallest absolute Gasteiger partial charge is 0.140 e. The summed E-state index contributed by atoms with van der Waals surface area (Å²) < 4.78 is 2.23. The molecular formula is C14H19N3. The van der Waals surface area contributed by atoms with Gasteiger partial charge in [-0.1, -0.05) is 13.3 Å². The number of rotatable bonds is 4. The summed E-state index contributed by atoms with van der Waals surface area (Å²) in [5.41, 5.74) is 7.60. The standard InChI is InChI=1S/C14H19N3/c1-3-4-11(2)17-10-9-16-14(17)12-5-7-13(15)8-6-12/h5-11H,3-4,15H2,1-2H3. The number of hydrogen-bond donors (Lipinski definition) is 1. The van der Waals surface area contributed by atoms with E-state index in [9.17, 15) is 0 Å². The molecule has 1 heterocycles. The molecule has 17 heavy (non-hydrogen) atoms. The Kier molecular flexibility index (Phi) is 3.47. The molecular weight excluding hydrogens is 210 g/mol. The van der Waals surface area contributed by atoms with Crippen LogP contribution in [0.15, 0.2) is 36.7 Å². The first kappa shape index (κ1) is 11.7. The summed E-state index contributed by atoms with van der Waals surface area (Å²) in [6, 6.07) is 8.35. The quantitative estimate of drug-likeness (QED) is 0.815. The summed E-state index contributed by atoms with van der Waals surface area (Å²) in [7, 11) is 0. The van der Waals surface area contributed by atoms with Gasteiger partial charge in [0.1, 0.15) is 5.82 Å². The van der Waals surface area contributed by atoms with E-state index in [1.807, 2.05) is 36.7 Å². The third-order valence-electron chi connectivity index (χ3n) is 3.02. The van der Waals surface area contributed by atoms with Crippen molar-refractivity contribution in [3.63, 3.8) is 0 Å². The highest BCUT2D eigenvalue weighted by molar-refractivity contribution is 5.59. The van der Waals surface area contributed by atoms with E-state index in [0.29, 0.717) is 6.04 Å². The lowest BCUT2D eigenvalue weighted by atomic mass is 10.1. The van der Waals surface area contributed by atoms with Crippen LogP contribution in [0.25, 0.3) is 11.4 Å². The molecule has 0 amide bonds. The zero-order valence-corrected chi connectivity index (χ0v) is 10.4.